The van der Waals surface area contributed by atoms with Gasteiger partial charge in [0, 0.05) is 160 Å². The van der Waals surface area contributed by atoms with Crippen LogP contribution < -0.4 is 60.6 Å². The number of nitrogens with two attached hydrogens (primary N) is 1. The summed E-state index contributed by atoms with van der Waals surface area (Å²) >= 11 is 3.21. The number of piperazine rings is 3. The number of anilines is 10. The van der Waals surface area contributed by atoms with E-state index in [9.17, 15) is 9.59 Å². The van der Waals surface area contributed by atoms with Crippen molar-refractivity contribution in [2.45, 2.75) is 71.5 Å². The summed E-state index contributed by atoms with van der Waals surface area (Å²) in [6.45, 7) is 50.3. The van der Waals surface area contributed by atoms with Crippen LogP contribution >= 0.6 is 15.9 Å². The summed E-state index contributed by atoms with van der Waals surface area (Å²) in [7, 11) is 8.85. The first-order valence-corrected chi connectivity index (χ1v) is 42.2. The highest BCUT2D eigenvalue weighted by atomic mass is 79.9. The summed E-state index contributed by atoms with van der Waals surface area (Å²) in [5.74, 6) is 7.60. The molecular formula is C92H104BrN27O8. The SMILES string of the molecule is COc1cc(N2CCN(C(=O)OC(C)(C)C)CC2)ccc1-c1cc(N)n[nH]1.[C-]#[N+]c1ccc(Br)cn1.[C-]#[N+]c1ccc(Nc2cc(-c3ccc(C4CCN(C)CC4)cc3OC)[nH]n2)cn1.[C-]#[N+]c1ccc(Nc2cc(-c3ccc(N4CCN(C(=O)OC(C)(C)C)CC4)cc3OC)[nH]n2)cn1.[C-]#[N+]c1ccc(Nc2cc(-c3ccc(N4CCNCC4)cc3OC)[nH]n2)cn1. The van der Waals surface area contributed by atoms with Crippen LogP contribution in [0.3, 0.4) is 0 Å². The number of aromatic nitrogens is 12. The molecule has 0 aliphatic carbocycles. The largest absolute Gasteiger partial charge is 0.496 e. The number of likely N-dealkylation sites (tertiary alicyclic amines) is 1. The molecule has 0 spiro atoms. The second-order valence-corrected chi connectivity index (χ2v) is 32.8. The molecule has 35 nitrogen and oxygen atoms in total. The third kappa shape index (κ3) is 25.6. The predicted molar refractivity (Wildman–Crippen MR) is 501 cm³/mol. The van der Waals surface area contributed by atoms with Gasteiger partial charge in [-0.25, -0.2) is 9.59 Å². The van der Waals surface area contributed by atoms with Crippen molar-refractivity contribution < 1.29 is 38.0 Å². The Morgan fingerprint density at radius 3 is 1.08 bits per heavy atom. The summed E-state index contributed by atoms with van der Waals surface area (Å²) in [4.78, 5) is 66.2. The fraction of sp³-hybridized carbons (Fsp3) is 0.326. The van der Waals surface area contributed by atoms with Gasteiger partial charge >= 0.3 is 12.2 Å². The molecule has 12 aromatic rings. The standard InChI is InChI=1S/C25H29N7O3.C22H24N6O.C20H21N7O.C19H27N5O3.C6H3BrN2/c1-25(2,3)35-24(33)32-12-10-31(11-13-32)18-7-8-19(21(14-18)34-5)20-15-23(30-29-20)28-17-6-9-22(26-4)27-16-17;1-23-21-7-5-17(14-24-21)25-22-13-19(26-27-22)18-6-4-16(12-20(18)29-3)15-8-10-28(2)11-9-15;1-21-19-6-3-14(13-23-19)24-20-12-17(25-26-20)16-5-4-15(11-18(16)28-2)27-9-7-22-8-10-27;1-19(2,3)27-18(25)24-9-7-23(8-10-24)13-5-6-14(16(11-13)26-4)15-12-17(20)22-21-15;1-8-6-3-2-5(7)4-9-6/h6-9,14-16H,10-13H2,1-3,5H3,(H2,28,29,30);4-7,12-15H,8-11H2,2-3H3,(H2,25,26,27);3-6,11-13,22H,7-10H2,2H3,(H2,24,25,26);5-6,11-12H,7-10H2,1-4H3,(H3,20,21,22);2-4H. The summed E-state index contributed by atoms with van der Waals surface area (Å²) in [6.07, 6.45) is 8.27. The smallest absolute Gasteiger partial charge is 0.410 e. The number of carbonyl (C=O) groups is 2. The molecule has 12 heterocycles. The highest BCUT2D eigenvalue weighted by molar-refractivity contribution is 9.10. The molecule has 36 heteroatoms. The molecule has 4 aliphatic heterocycles. The molecule has 0 radical (unpaired) electrons. The normalized spacial score (nSPS) is 14.0. The van der Waals surface area contributed by atoms with Crippen LogP contribution in [0.25, 0.3) is 64.4 Å². The number of piperidine rings is 1. The number of carbonyl (C=O) groups excluding carboxylic acids is 2. The Labute approximate surface area is 752 Å². The zero-order chi connectivity index (χ0) is 90.9. The van der Waals surface area contributed by atoms with Gasteiger partial charge in [0.1, 0.15) is 64.8 Å². The highest BCUT2D eigenvalue weighted by Crippen LogP contribution is 2.40. The Morgan fingerprint density at radius 1 is 0.422 bits per heavy atom. The second-order valence-electron chi connectivity index (χ2n) is 31.9. The number of halogens is 1. The van der Waals surface area contributed by atoms with Crippen LogP contribution in [0.4, 0.5) is 90.3 Å². The Morgan fingerprint density at radius 2 is 0.758 bits per heavy atom. The lowest BCUT2D eigenvalue weighted by molar-refractivity contribution is 0.0230. The number of rotatable bonds is 18. The summed E-state index contributed by atoms with van der Waals surface area (Å²) in [5, 5.41) is 42.0. The van der Waals surface area contributed by atoms with Crippen molar-refractivity contribution in [2.24, 2.45) is 0 Å². The van der Waals surface area contributed by atoms with Crippen molar-refractivity contribution in [1.82, 2.24) is 80.7 Å². The fourth-order valence-electron chi connectivity index (χ4n) is 14.2. The first-order chi connectivity index (χ1) is 61.8. The van der Waals surface area contributed by atoms with E-state index in [0.717, 1.165) is 159 Å². The van der Waals surface area contributed by atoms with Crippen LogP contribution in [0.2, 0.25) is 0 Å². The van der Waals surface area contributed by atoms with Crippen molar-refractivity contribution in [1.29, 1.82) is 0 Å². The number of nitrogens with zero attached hydrogens (tertiary/aromatic N) is 18. The molecule has 662 valence electrons. The lowest BCUT2D eigenvalue weighted by Crippen LogP contribution is -2.50. The predicted octanol–water partition coefficient (Wildman–Crippen LogP) is 17.7. The van der Waals surface area contributed by atoms with Gasteiger partial charge in [0.2, 0.25) is 0 Å². The van der Waals surface area contributed by atoms with Crippen LogP contribution in [-0.4, -0.2) is 226 Å². The van der Waals surface area contributed by atoms with Gasteiger partial charge in [0.15, 0.2) is 17.5 Å². The Bertz CT molecular complexity index is 5850. The molecule has 4 fully saturated rings. The first-order valence-electron chi connectivity index (χ1n) is 41.4. The third-order valence-electron chi connectivity index (χ3n) is 20.8. The van der Waals surface area contributed by atoms with E-state index in [-0.39, 0.29) is 12.2 Å². The summed E-state index contributed by atoms with van der Waals surface area (Å²) < 4.78 is 34.4. The van der Waals surface area contributed by atoms with Crippen LogP contribution in [0.1, 0.15) is 65.9 Å². The van der Waals surface area contributed by atoms with Gasteiger partial charge in [-0.3, -0.25) is 20.4 Å². The van der Waals surface area contributed by atoms with Crippen molar-refractivity contribution in [3.8, 4) is 68.0 Å². The topological polar surface area (TPSA) is 367 Å². The number of nitrogens with one attached hydrogen (secondary N) is 8. The molecule has 8 aromatic heterocycles. The molecule has 0 saturated carbocycles. The maximum Gasteiger partial charge on any atom is 0.410 e. The van der Waals surface area contributed by atoms with E-state index in [0.29, 0.717) is 91.7 Å². The number of ether oxygens (including phenoxy) is 6. The van der Waals surface area contributed by atoms with Crippen LogP contribution in [0.5, 0.6) is 23.0 Å². The minimum Gasteiger partial charge on any atom is -0.496 e. The number of pyridine rings is 4. The lowest BCUT2D eigenvalue weighted by atomic mass is 9.88. The molecule has 0 unspecified atom stereocenters. The maximum absolute atomic E-state index is 12.3. The molecule has 0 atom stereocenters. The Balaban J connectivity index is 0.000000150. The number of aromatic amines is 4. The van der Waals surface area contributed by atoms with Gasteiger partial charge in [-0.2, -0.15) is 20.4 Å². The number of methoxy groups -OCH3 is 4. The monoisotopic (exact) mass is 1790 g/mol. The quantitative estimate of drug-likeness (QED) is 0.0360. The van der Waals surface area contributed by atoms with Crippen molar-refractivity contribution in [3.05, 3.63) is 226 Å². The molecule has 128 heavy (non-hydrogen) atoms. The molecular weight excluding hydrogens is 1690 g/mol. The van der Waals surface area contributed by atoms with Gasteiger partial charge in [0.05, 0.1) is 72.7 Å². The van der Waals surface area contributed by atoms with Crippen LogP contribution in [-0.2, 0) is 9.47 Å². The van der Waals surface area contributed by atoms with Crippen LogP contribution in [0, 0.1) is 26.3 Å². The van der Waals surface area contributed by atoms with Crippen molar-refractivity contribution in [3.63, 3.8) is 0 Å². The number of hydrogen-bond acceptors (Lipinski definition) is 25. The first kappa shape index (κ1) is 92.2. The molecule has 10 N–H and O–H groups in total. The van der Waals surface area contributed by atoms with E-state index in [1.54, 1.807) is 112 Å². The van der Waals surface area contributed by atoms with E-state index in [2.05, 4.69) is 180 Å². The lowest BCUT2D eigenvalue weighted by Gasteiger charge is -2.37. The second kappa shape index (κ2) is 43.6. The minimum absolute atomic E-state index is 0.257. The minimum atomic E-state index is -0.501. The average Bonchev–Trinajstić information content (AvgIpc) is 1.43. The molecule has 4 aromatic carbocycles. The summed E-state index contributed by atoms with van der Waals surface area (Å²) in [5.41, 5.74) is 18.6. The third-order valence-corrected chi connectivity index (χ3v) is 21.2. The number of benzene rings is 4. The number of hydrogen-bond donors (Lipinski definition) is 9. The average molecular weight is 1800 g/mol. The van der Waals surface area contributed by atoms with Gasteiger partial charge in [0.25, 0.3) is 23.3 Å². The Hall–Kier alpha value is -15.0. The molecule has 2 amide bonds. The van der Waals surface area contributed by atoms with E-state index in [1.807, 2.05) is 102 Å². The molecule has 4 aliphatic rings. The van der Waals surface area contributed by atoms with E-state index in [4.69, 9.17) is 60.4 Å². The number of H-pyrrole nitrogens is 4. The Kier molecular flexibility index (Phi) is 31.4. The molecule has 16 rings (SSSR count). The van der Waals surface area contributed by atoms with Crippen molar-refractivity contribution >= 4 is 109 Å². The van der Waals surface area contributed by atoms with Gasteiger partial charge in [-0.05, 0) is 193 Å². The van der Waals surface area contributed by atoms with Gasteiger partial charge < -0.3 is 104 Å². The van der Waals surface area contributed by atoms with Gasteiger partial charge in [-0.15, -0.1) is 19.9 Å². The number of nitrogen functional groups attached to an aromatic ring is 1. The van der Waals surface area contributed by atoms with E-state index < -0.39 is 11.2 Å². The van der Waals surface area contributed by atoms with Gasteiger partial charge in [-0.1, -0.05) is 38.4 Å². The summed E-state index contributed by atoms with van der Waals surface area (Å²) in [6, 6.07) is 46.1. The van der Waals surface area contributed by atoms with Crippen LogP contribution in [0.15, 0.2) is 175 Å². The zero-order valence-electron chi connectivity index (χ0n) is 73.3. The van der Waals surface area contributed by atoms with E-state index in [1.165, 1.54) is 18.4 Å². The molecule has 4 saturated heterocycles. The van der Waals surface area contributed by atoms with Crippen molar-refractivity contribution in [2.75, 3.05) is 163 Å². The number of amides is 2. The zero-order valence-corrected chi connectivity index (χ0v) is 74.9. The van der Waals surface area contributed by atoms with E-state index >= 15 is 0 Å². The fourth-order valence-corrected chi connectivity index (χ4v) is 14.4. The molecule has 0 bridgehead atoms. The highest BCUT2D eigenvalue weighted by Gasteiger charge is 2.30. The maximum atomic E-state index is 12.3.